The molecule has 0 saturated carbocycles. The van der Waals surface area contributed by atoms with Gasteiger partial charge in [0.05, 0.1) is 25.0 Å². The maximum absolute atomic E-state index is 11.2. The highest BCUT2D eigenvalue weighted by Gasteiger charge is 2.15. The number of fused-ring (bicyclic) bond motifs is 2. The van der Waals surface area contributed by atoms with Gasteiger partial charge in [-0.25, -0.2) is 19.4 Å². The maximum Gasteiger partial charge on any atom is 0.339 e. The van der Waals surface area contributed by atoms with Gasteiger partial charge in [-0.1, -0.05) is 0 Å². The molecular formula is C15H11N5O3. The maximum atomic E-state index is 11.2. The molecule has 0 amide bonds. The van der Waals surface area contributed by atoms with Gasteiger partial charge in [-0.2, -0.15) is 5.10 Å². The highest BCUT2D eigenvalue weighted by molar-refractivity contribution is 6.00. The number of methoxy groups -OCH3 is 1. The van der Waals surface area contributed by atoms with Gasteiger partial charge in [-0.15, -0.1) is 0 Å². The summed E-state index contributed by atoms with van der Waals surface area (Å²) in [6.45, 7) is 0. The Kier molecular flexibility index (Phi) is 2.77. The molecule has 0 aliphatic carbocycles. The number of aromatic nitrogens is 5. The quantitative estimate of drug-likeness (QED) is 0.599. The van der Waals surface area contributed by atoms with Crippen molar-refractivity contribution in [1.82, 2.24) is 24.7 Å². The van der Waals surface area contributed by atoms with E-state index in [9.17, 15) is 9.90 Å². The number of hydrogen-bond acceptors (Lipinski definition) is 5. The van der Waals surface area contributed by atoms with Crippen molar-refractivity contribution in [2.45, 2.75) is 0 Å². The molecule has 8 heteroatoms. The van der Waals surface area contributed by atoms with Gasteiger partial charge in [0, 0.05) is 17.6 Å². The van der Waals surface area contributed by atoms with Crippen molar-refractivity contribution in [3.8, 4) is 11.6 Å². The second-order valence-electron chi connectivity index (χ2n) is 4.91. The van der Waals surface area contributed by atoms with Gasteiger partial charge in [-0.05, 0) is 12.1 Å². The number of nitrogens with zero attached hydrogens (tertiary/aromatic N) is 4. The molecule has 114 valence electrons. The number of carboxylic acids is 1. The van der Waals surface area contributed by atoms with E-state index in [-0.39, 0.29) is 5.56 Å². The number of carboxylic acid groups (broad SMARTS) is 1. The van der Waals surface area contributed by atoms with E-state index in [1.54, 1.807) is 18.0 Å². The average Bonchev–Trinajstić information content (AvgIpc) is 3.17. The summed E-state index contributed by atoms with van der Waals surface area (Å²) in [6, 6.07) is 5.57. The summed E-state index contributed by atoms with van der Waals surface area (Å²) < 4.78 is 6.83. The van der Waals surface area contributed by atoms with Crippen LogP contribution in [0.15, 0.2) is 36.8 Å². The number of benzene rings is 1. The molecule has 2 N–H and O–H groups in total. The molecule has 0 saturated heterocycles. The van der Waals surface area contributed by atoms with Crippen molar-refractivity contribution in [1.29, 1.82) is 0 Å². The number of aromatic amines is 1. The lowest BCUT2D eigenvalue weighted by molar-refractivity contribution is 0.0699. The van der Waals surface area contributed by atoms with Crippen LogP contribution in [0.25, 0.3) is 27.9 Å². The second kappa shape index (κ2) is 4.80. The van der Waals surface area contributed by atoms with Crippen LogP contribution in [0.4, 0.5) is 0 Å². The van der Waals surface area contributed by atoms with E-state index in [2.05, 4.69) is 20.1 Å². The summed E-state index contributed by atoms with van der Waals surface area (Å²) in [7, 11) is 1.59. The zero-order valence-corrected chi connectivity index (χ0v) is 12.0. The lowest BCUT2D eigenvalue weighted by Gasteiger charge is -2.04. The van der Waals surface area contributed by atoms with E-state index in [1.165, 1.54) is 12.4 Å². The van der Waals surface area contributed by atoms with Gasteiger partial charge >= 0.3 is 5.97 Å². The van der Waals surface area contributed by atoms with Crippen LogP contribution >= 0.6 is 0 Å². The van der Waals surface area contributed by atoms with Crippen molar-refractivity contribution < 1.29 is 14.6 Å². The van der Waals surface area contributed by atoms with Crippen molar-refractivity contribution in [3.05, 3.63) is 42.4 Å². The number of carbonyl (C=O) groups is 1. The van der Waals surface area contributed by atoms with Crippen molar-refractivity contribution >= 4 is 28.0 Å². The van der Waals surface area contributed by atoms with E-state index in [4.69, 9.17) is 4.74 Å². The summed E-state index contributed by atoms with van der Waals surface area (Å²) >= 11 is 0. The fourth-order valence-electron chi connectivity index (χ4n) is 2.45. The lowest BCUT2D eigenvalue weighted by Crippen LogP contribution is -2.02. The van der Waals surface area contributed by atoms with E-state index >= 15 is 0 Å². The molecule has 4 aromatic rings. The number of H-pyrrole nitrogens is 1. The van der Waals surface area contributed by atoms with Crippen LogP contribution in [0.2, 0.25) is 0 Å². The Morgan fingerprint density at radius 2 is 2.22 bits per heavy atom. The second-order valence-corrected chi connectivity index (χ2v) is 4.91. The highest BCUT2D eigenvalue weighted by atomic mass is 16.5. The monoisotopic (exact) mass is 309 g/mol. The van der Waals surface area contributed by atoms with Crippen LogP contribution in [0.5, 0.6) is 5.75 Å². The van der Waals surface area contributed by atoms with Crippen molar-refractivity contribution in [2.24, 2.45) is 0 Å². The van der Waals surface area contributed by atoms with Crippen LogP contribution in [0, 0.1) is 0 Å². The zero-order chi connectivity index (χ0) is 16.0. The normalized spacial score (nSPS) is 11.2. The standard InChI is InChI=1S/C15H11N5O3/c1-23-9-3-2-8-5-18-20(11(8)4-9)12-7-17-14-13(19-12)10(6-16-14)15(21)22/h2-7H,1H3,(H,16,17)(H,21,22). The molecule has 0 radical (unpaired) electrons. The van der Waals surface area contributed by atoms with Gasteiger partial charge < -0.3 is 14.8 Å². The summed E-state index contributed by atoms with van der Waals surface area (Å²) in [5, 5.41) is 14.4. The van der Waals surface area contributed by atoms with Gasteiger partial charge in [-0.3, -0.25) is 0 Å². The first-order valence-corrected chi connectivity index (χ1v) is 6.77. The van der Waals surface area contributed by atoms with Crippen LogP contribution < -0.4 is 4.74 Å². The van der Waals surface area contributed by atoms with Crippen molar-refractivity contribution in [2.75, 3.05) is 7.11 Å². The van der Waals surface area contributed by atoms with Gasteiger partial charge in [0.15, 0.2) is 11.5 Å². The van der Waals surface area contributed by atoms with Crippen LogP contribution in [0.1, 0.15) is 10.4 Å². The third-order valence-corrected chi connectivity index (χ3v) is 3.59. The molecule has 0 aliphatic rings. The first kappa shape index (κ1) is 13.3. The summed E-state index contributed by atoms with van der Waals surface area (Å²) in [6.07, 6.45) is 4.62. The average molecular weight is 309 g/mol. The largest absolute Gasteiger partial charge is 0.497 e. The SMILES string of the molecule is COc1ccc2cnn(-c3cnc4[nH]cc(C(=O)O)c4n3)c2c1. The molecular weight excluding hydrogens is 298 g/mol. The third kappa shape index (κ3) is 2.00. The number of ether oxygens (including phenoxy) is 1. The molecule has 1 aromatic carbocycles. The highest BCUT2D eigenvalue weighted by Crippen LogP contribution is 2.23. The van der Waals surface area contributed by atoms with Crippen LogP contribution in [-0.2, 0) is 0 Å². The number of hydrogen-bond donors (Lipinski definition) is 2. The minimum Gasteiger partial charge on any atom is -0.497 e. The molecule has 0 atom stereocenters. The first-order chi connectivity index (χ1) is 11.2. The van der Waals surface area contributed by atoms with Crippen molar-refractivity contribution in [3.63, 3.8) is 0 Å². The van der Waals surface area contributed by atoms with E-state index in [0.717, 1.165) is 10.9 Å². The molecule has 0 aliphatic heterocycles. The van der Waals surface area contributed by atoms with Gasteiger partial charge in [0.25, 0.3) is 0 Å². The minimum atomic E-state index is -1.06. The smallest absolute Gasteiger partial charge is 0.339 e. The van der Waals surface area contributed by atoms with E-state index < -0.39 is 5.97 Å². The first-order valence-electron chi connectivity index (χ1n) is 6.77. The topological polar surface area (TPSA) is 106 Å². The Morgan fingerprint density at radius 3 is 3.00 bits per heavy atom. The molecule has 3 aromatic heterocycles. The minimum absolute atomic E-state index is 0.0726. The summed E-state index contributed by atoms with van der Waals surface area (Å²) in [5.74, 6) is 0.0682. The lowest BCUT2D eigenvalue weighted by atomic mass is 10.2. The zero-order valence-electron chi connectivity index (χ0n) is 12.0. The Morgan fingerprint density at radius 1 is 1.35 bits per heavy atom. The molecule has 0 bridgehead atoms. The molecule has 4 rings (SSSR count). The Labute approximate surface area is 129 Å². The fourth-order valence-corrected chi connectivity index (χ4v) is 2.45. The number of rotatable bonds is 3. The molecule has 0 unspecified atom stereocenters. The fraction of sp³-hybridized carbons (Fsp3) is 0.0667. The summed E-state index contributed by atoms with van der Waals surface area (Å²) in [5.41, 5.74) is 1.58. The molecule has 8 nitrogen and oxygen atoms in total. The Bertz CT molecular complexity index is 1050. The number of nitrogens with one attached hydrogen (secondary N) is 1. The predicted molar refractivity (Wildman–Crippen MR) is 82.0 cm³/mol. The predicted octanol–water partition coefficient (Wildman–Crippen LogP) is 2.00. The summed E-state index contributed by atoms with van der Waals surface area (Å²) in [4.78, 5) is 22.6. The van der Waals surface area contributed by atoms with Gasteiger partial charge in [0.2, 0.25) is 0 Å². The molecule has 0 fully saturated rings. The number of aromatic carboxylic acids is 1. The van der Waals surface area contributed by atoms with Crippen LogP contribution in [0.3, 0.4) is 0 Å². The Hall–Kier alpha value is -3.42. The third-order valence-electron chi connectivity index (χ3n) is 3.59. The van der Waals surface area contributed by atoms with Crippen LogP contribution in [-0.4, -0.2) is 42.9 Å². The molecule has 0 spiro atoms. The Balaban J connectivity index is 1.95. The van der Waals surface area contributed by atoms with E-state index in [0.29, 0.717) is 22.7 Å². The molecule has 3 heterocycles. The van der Waals surface area contributed by atoms with Gasteiger partial charge in [0.1, 0.15) is 16.8 Å². The van der Waals surface area contributed by atoms with E-state index in [1.807, 2.05) is 18.2 Å². The molecule has 23 heavy (non-hydrogen) atoms.